The first-order valence-corrected chi connectivity index (χ1v) is 11.8. The van der Waals surface area contributed by atoms with Gasteiger partial charge in [-0.15, -0.1) is 0 Å². The summed E-state index contributed by atoms with van der Waals surface area (Å²) >= 11 is 0. The zero-order chi connectivity index (χ0) is 30.7. The molecule has 1 N–H and O–H groups in total. The highest BCUT2D eigenvalue weighted by Gasteiger charge is 2.67. The minimum atomic E-state index is -6.59. The van der Waals surface area contributed by atoms with Gasteiger partial charge in [-0.05, 0) is 25.3 Å². The Morgan fingerprint density at radius 1 is 0.923 bits per heavy atom. The Kier molecular flexibility index (Phi) is 10.4. The van der Waals surface area contributed by atoms with E-state index in [1.54, 1.807) is 6.92 Å². The lowest BCUT2D eigenvalue weighted by molar-refractivity contribution is -0.346. The lowest BCUT2D eigenvalue weighted by Crippen LogP contribution is -2.58. The van der Waals surface area contributed by atoms with E-state index in [9.17, 15) is 61.9 Å². The highest BCUT2D eigenvalue weighted by molar-refractivity contribution is 7.87. The smallest absolute Gasteiger partial charge is 0.413 e. The summed E-state index contributed by atoms with van der Waals surface area (Å²) < 4.78 is 172. The van der Waals surface area contributed by atoms with Gasteiger partial charge in [-0.3, -0.25) is 9.35 Å². The summed E-state index contributed by atoms with van der Waals surface area (Å²) in [5.74, 6) is -15.0. The van der Waals surface area contributed by atoms with E-state index in [0.717, 1.165) is 0 Å². The van der Waals surface area contributed by atoms with Gasteiger partial charge in [0.15, 0.2) is 0 Å². The highest BCUT2D eigenvalue weighted by Crippen LogP contribution is 2.42. The first-order chi connectivity index (χ1) is 17.4. The molecule has 0 aliphatic carbocycles. The van der Waals surface area contributed by atoms with Crippen molar-refractivity contribution in [1.29, 1.82) is 0 Å². The molecule has 1 rings (SSSR count). The van der Waals surface area contributed by atoms with E-state index < -0.39 is 89.1 Å². The second kappa shape index (κ2) is 11.8. The van der Waals surface area contributed by atoms with Gasteiger partial charge < -0.3 is 9.47 Å². The molecule has 18 heteroatoms. The van der Waals surface area contributed by atoms with Crippen LogP contribution in [0.15, 0.2) is 36.4 Å². The van der Waals surface area contributed by atoms with Crippen molar-refractivity contribution in [3.8, 4) is 0 Å². The third-order valence-corrected chi connectivity index (χ3v) is 5.94. The molecule has 0 aliphatic rings. The van der Waals surface area contributed by atoms with Gasteiger partial charge in [0, 0.05) is 12.8 Å². The molecule has 0 spiro atoms. The molecule has 39 heavy (non-hydrogen) atoms. The lowest BCUT2D eigenvalue weighted by atomic mass is 10.0. The van der Waals surface area contributed by atoms with Crippen molar-refractivity contribution in [3.63, 3.8) is 0 Å². The molecule has 7 nitrogen and oxygen atoms in total. The lowest BCUT2D eigenvalue weighted by Gasteiger charge is -2.33. The molecule has 1 atom stereocenters. The third-order valence-electron chi connectivity index (χ3n) is 4.99. The number of benzene rings is 1. The number of ether oxygens (including phenoxy) is 2. The molecule has 0 saturated heterocycles. The number of aryl methyl sites for hydroxylation is 1. The topological polar surface area (TPSA) is 107 Å². The van der Waals surface area contributed by atoms with Crippen LogP contribution in [0.1, 0.15) is 30.4 Å². The fraction of sp³-hybridized carbons (Fsp3) is 0.524. The molecule has 222 valence electrons. The van der Waals surface area contributed by atoms with E-state index >= 15 is 0 Å². The maximum Gasteiger partial charge on any atom is 0.464 e. The molecule has 0 heterocycles. The van der Waals surface area contributed by atoms with Gasteiger partial charge in [-0.25, -0.2) is 4.79 Å². The van der Waals surface area contributed by atoms with E-state index in [2.05, 4.69) is 16.1 Å². The van der Waals surface area contributed by atoms with E-state index in [1.165, 1.54) is 24.3 Å². The van der Waals surface area contributed by atoms with Crippen molar-refractivity contribution >= 4 is 21.9 Å². The molecule has 0 aromatic heterocycles. The van der Waals surface area contributed by atoms with Crippen LogP contribution in [0.4, 0.5) is 43.9 Å². The number of rotatable bonds is 13. The largest absolute Gasteiger partial charge is 0.464 e. The molecule has 0 bridgehead atoms. The van der Waals surface area contributed by atoms with E-state index in [1.807, 2.05) is 0 Å². The average molecular weight is 606 g/mol. The van der Waals surface area contributed by atoms with Crippen LogP contribution in [0.5, 0.6) is 0 Å². The Labute approximate surface area is 214 Å². The Balaban J connectivity index is 3.25. The molecule has 0 fully saturated rings. The number of Topliss-reactive ketones (excluding diaryl/α,β-unsaturated/α-hetero) is 1. The summed E-state index contributed by atoms with van der Waals surface area (Å²) in [6.07, 6.45) is -17.1. The molecule has 0 saturated carbocycles. The Morgan fingerprint density at radius 2 is 1.44 bits per heavy atom. The minimum Gasteiger partial charge on any atom is -0.413 e. The monoisotopic (exact) mass is 606 g/mol. The van der Waals surface area contributed by atoms with Gasteiger partial charge in [-0.2, -0.15) is 52.3 Å². The molecule has 0 aliphatic heterocycles. The van der Waals surface area contributed by atoms with Crippen LogP contribution in [0, 0.1) is 6.92 Å². The predicted octanol–water partition coefficient (Wildman–Crippen LogP) is 5.33. The zero-order valence-electron chi connectivity index (χ0n) is 19.6. The number of carbonyl (C=O) groups excluding carboxylic acids is 2. The third kappa shape index (κ3) is 8.14. The number of alkyl halides is 10. The van der Waals surface area contributed by atoms with Crippen molar-refractivity contribution in [3.05, 3.63) is 47.5 Å². The molecular formula is C21H20F10O7S. The maximum atomic E-state index is 14.1. The predicted molar refractivity (Wildman–Crippen MR) is 111 cm³/mol. The van der Waals surface area contributed by atoms with Crippen molar-refractivity contribution in [2.45, 2.75) is 61.9 Å². The van der Waals surface area contributed by atoms with Crippen LogP contribution in [0.25, 0.3) is 0 Å². The minimum absolute atomic E-state index is 0.124. The average Bonchev–Trinajstić information content (AvgIpc) is 2.76. The van der Waals surface area contributed by atoms with Crippen LogP contribution in [0.3, 0.4) is 0 Å². The number of ketones is 1. The van der Waals surface area contributed by atoms with Gasteiger partial charge in [-0.1, -0.05) is 36.4 Å². The van der Waals surface area contributed by atoms with Crippen LogP contribution >= 0.6 is 0 Å². The summed E-state index contributed by atoms with van der Waals surface area (Å²) in [6, 6.07) is 5.06. The first kappa shape index (κ1) is 34.3. The maximum absolute atomic E-state index is 14.1. The number of hydrogen-bond donors (Lipinski definition) is 1. The Bertz CT molecular complexity index is 1160. The van der Waals surface area contributed by atoms with E-state index in [-0.39, 0.29) is 5.56 Å². The molecule has 1 unspecified atom stereocenters. The zero-order valence-corrected chi connectivity index (χ0v) is 20.5. The number of esters is 1. The summed E-state index contributed by atoms with van der Waals surface area (Å²) in [4.78, 5) is 24.5. The quantitative estimate of drug-likeness (QED) is 0.0808. The summed E-state index contributed by atoms with van der Waals surface area (Å²) in [7, 11) is -6.59. The van der Waals surface area contributed by atoms with Crippen LogP contribution in [-0.2, 0) is 35.6 Å². The van der Waals surface area contributed by atoms with Crippen LogP contribution in [0.2, 0.25) is 0 Å². The van der Waals surface area contributed by atoms with Gasteiger partial charge in [0.05, 0.1) is 6.61 Å². The summed E-state index contributed by atoms with van der Waals surface area (Å²) in [5.41, 5.74) is -1.97. The molecule has 1 aromatic carbocycles. The highest BCUT2D eigenvalue weighted by atomic mass is 32.2. The van der Waals surface area contributed by atoms with Gasteiger partial charge in [0.2, 0.25) is 5.78 Å². The summed E-state index contributed by atoms with van der Waals surface area (Å²) in [6.45, 7) is 2.37. The molecule has 0 amide bonds. The van der Waals surface area contributed by atoms with Crippen molar-refractivity contribution in [2.75, 3.05) is 6.61 Å². The number of carbonyl (C=O) groups is 2. The Morgan fingerprint density at radius 3 is 1.87 bits per heavy atom. The first-order valence-electron chi connectivity index (χ1n) is 10.4. The van der Waals surface area contributed by atoms with E-state index in [4.69, 9.17) is 4.55 Å². The van der Waals surface area contributed by atoms with E-state index in [0.29, 0.717) is 5.56 Å². The summed E-state index contributed by atoms with van der Waals surface area (Å²) in [5, 5.41) is -5.96. The molecule has 1 aromatic rings. The number of unbranched alkanes of at least 4 members (excludes halogenated alkanes) is 1. The van der Waals surface area contributed by atoms with Gasteiger partial charge in [0.1, 0.15) is 5.57 Å². The number of hydrogen-bond acceptors (Lipinski definition) is 6. The fourth-order valence-electron chi connectivity index (χ4n) is 2.78. The normalized spacial score (nSPS) is 15.0. The second-order valence-electron chi connectivity index (χ2n) is 8.07. The van der Waals surface area contributed by atoms with Crippen LogP contribution in [-0.4, -0.2) is 60.6 Å². The van der Waals surface area contributed by atoms with Crippen molar-refractivity contribution in [2.24, 2.45) is 0 Å². The standard InChI is InChI=1S/C21H20F10O7S/c1-12-5-7-14(8-6-12)11-15(32)18(20(27,28)29,38-16(33)13(2)19(24,25)26)37-10-4-3-9-17(22,23)21(30,31)39(34,35)36/h5-8H,2-4,9-11H2,1H3,(H,34,35,36). The van der Waals surface area contributed by atoms with Gasteiger partial charge >= 0.3 is 45.4 Å². The molecule has 0 radical (unpaired) electrons. The van der Waals surface area contributed by atoms with Crippen LogP contribution < -0.4 is 0 Å². The van der Waals surface area contributed by atoms with Crippen molar-refractivity contribution < 1.29 is 75.9 Å². The molecular weight excluding hydrogens is 586 g/mol. The SMILES string of the molecule is C=C(C(=O)OC(OCCCCC(F)(F)C(F)(F)S(=O)(=O)O)(C(=O)Cc1ccc(C)cc1)C(F)(F)F)C(F)(F)F. The van der Waals surface area contributed by atoms with Crippen molar-refractivity contribution in [1.82, 2.24) is 0 Å². The second-order valence-corrected chi connectivity index (χ2v) is 9.53. The number of halogens is 10. The van der Waals surface area contributed by atoms with Gasteiger partial charge in [0.25, 0.3) is 0 Å². The Hall–Kier alpha value is -2.73. The fourth-order valence-corrected chi connectivity index (χ4v) is 3.26.